The average molecular weight is 221 g/mol. The van der Waals surface area contributed by atoms with Crippen LogP contribution < -0.4 is 0 Å². The van der Waals surface area contributed by atoms with Gasteiger partial charge >= 0.3 is 0 Å². The van der Waals surface area contributed by atoms with Crippen LogP contribution in [0.15, 0.2) is 18.5 Å². The van der Waals surface area contributed by atoms with Crippen LogP contribution in [0.1, 0.15) is 43.5 Å². The van der Waals surface area contributed by atoms with E-state index in [1.165, 1.54) is 0 Å². The predicted molar refractivity (Wildman–Crippen MR) is 64.5 cm³/mol. The Balaban J connectivity index is 2.73. The Morgan fingerprint density at radius 2 is 2.07 bits per heavy atom. The normalized spacial score (nSPS) is 13.7. The van der Waals surface area contributed by atoms with Crippen molar-refractivity contribution in [3.05, 3.63) is 30.0 Å². The van der Waals surface area contributed by atoms with E-state index in [0.717, 1.165) is 17.2 Å². The molecule has 0 aliphatic carbocycles. The van der Waals surface area contributed by atoms with Gasteiger partial charge in [-0.3, -0.25) is 4.40 Å². The van der Waals surface area contributed by atoms with Gasteiger partial charge in [0.05, 0.1) is 5.69 Å². The maximum absolute atomic E-state index is 4.61. The van der Waals surface area contributed by atoms with Crippen LogP contribution in [0.5, 0.6) is 0 Å². The van der Waals surface area contributed by atoms with Crippen LogP contribution in [0.25, 0.3) is 5.65 Å². The summed E-state index contributed by atoms with van der Waals surface area (Å²) in [5.74, 6) is 1.44. The number of aromatic nitrogens is 3. The third-order valence-electron chi connectivity index (χ3n) is 2.37. The number of rotatable bonds is 2. The lowest BCUT2D eigenvalue weighted by molar-refractivity contribution is 0.764. The molecule has 0 radical (unpaired) electrons. The molecule has 15 heavy (non-hydrogen) atoms. The summed E-state index contributed by atoms with van der Waals surface area (Å²) in [4.78, 5) is 8.97. The number of fused-ring (bicyclic) bond motifs is 1. The topological polar surface area (TPSA) is 30.2 Å². The molecule has 1 unspecified atom stereocenters. The number of hydrogen-bond donors (Lipinski definition) is 1. The minimum atomic E-state index is 0.113. The van der Waals surface area contributed by atoms with Gasteiger partial charge in [-0.2, -0.15) is 12.6 Å². The fourth-order valence-electron chi connectivity index (χ4n) is 1.66. The Bertz CT molecular complexity index is 432. The fourth-order valence-corrected chi connectivity index (χ4v) is 1.83. The molecule has 0 bridgehead atoms. The molecule has 80 valence electrons. The molecule has 0 fully saturated rings. The monoisotopic (exact) mass is 221 g/mol. The Kier molecular flexibility index (Phi) is 2.69. The maximum atomic E-state index is 4.61. The van der Waals surface area contributed by atoms with E-state index in [1.54, 1.807) is 6.20 Å². The second-order valence-corrected chi connectivity index (χ2v) is 4.77. The van der Waals surface area contributed by atoms with E-state index < -0.39 is 0 Å². The summed E-state index contributed by atoms with van der Waals surface area (Å²) < 4.78 is 2.05. The molecule has 1 atom stereocenters. The SMILES string of the molecule is CC(C)c1nc(C(C)S)c2ncccn12. The molecular formula is C11H15N3S. The van der Waals surface area contributed by atoms with Crippen LogP contribution >= 0.6 is 12.6 Å². The number of hydrogen-bond acceptors (Lipinski definition) is 3. The summed E-state index contributed by atoms with van der Waals surface area (Å²) in [5, 5.41) is 0.113. The van der Waals surface area contributed by atoms with Crippen molar-refractivity contribution in [1.82, 2.24) is 14.4 Å². The minimum Gasteiger partial charge on any atom is -0.288 e. The van der Waals surface area contributed by atoms with Crippen molar-refractivity contribution in [3.8, 4) is 0 Å². The van der Waals surface area contributed by atoms with Crippen LogP contribution in [0.4, 0.5) is 0 Å². The molecule has 0 N–H and O–H groups in total. The molecule has 0 aliphatic rings. The lowest BCUT2D eigenvalue weighted by atomic mass is 10.2. The largest absolute Gasteiger partial charge is 0.288 e. The van der Waals surface area contributed by atoms with Gasteiger partial charge in [0, 0.05) is 23.6 Å². The summed E-state index contributed by atoms with van der Waals surface area (Å²) >= 11 is 4.43. The molecule has 2 aromatic rings. The van der Waals surface area contributed by atoms with Crippen molar-refractivity contribution in [2.24, 2.45) is 0 Å². The number of thiol groups is 1. The summed E-state index contributed by atoms with van der Waals surface area (Å²) in [5.41, 5.74) is 1.88. The zero-order valence-electron chi connectivity index (χ0n) is 9.18. The fraction of sp³-hybridized carbons (Fsp3) is 0.455. The molecule has 4 heteroatoms. The van der Waals surface area contributed by atoms with Gasteiger partial charge in [-0.25, -0.2) is 9.97 Å². The third kappa shape index (κ3) is 1.74. The third-order valence-corrected chi connectivity index (χ3v) is 2.61. The van der Waals surface area contributed by atoms with Crippen molar-refractivity contribution in [3.63, 3.8) is 0 Å². The first-order valence-corrected chi connectivity index (χ1v) is 5.64. The molecule has 2 heterocycles. The minimum absolute atomic E-state index is 0.113. The maximum Gasteiger partial charge on any atom is 0.161 e. The lowest BCUT2D eigenvalue weighted by Crippen LogP contribution is -1.96. The van der Waals surface area contributed by atoms with Gasteiger partial charge in [0.1, 0.15) is 5.82 Å². The molecule has 3 nitrogen and oxygen atoms in total. The Morgan fingerprint density at radius 1 is 1.33 bits per heavy atom. The Hall–Kier alpha value is -1.03. The van der Waals surface area contributed by atoms with E-state index in [-0.39, 0.29) is 5.25 Å². The van der Waals surface area contributed by atoms with Crippen LogP contribution in [-0.2, 0) is 0 Å². The van der Waals surface area contributed by atoms with Gasteiger partial charge in [-0.1, -0.05) is 13.8 Å². The molecule has 0 aliphatic heterocycles. The molecule has 0 saturated carbocycles. The summed E-state index contributed by atoms with van der Waals surface area (Å²) in [6, 6.07) is 1.92. The zero-order valence-corrected chi connectivity index (χ0v) is 10.1. The van der Waals surface area contributed by atoms with Crippen molar-refractivity contribution in [2.75, 3.05) is 0 Å². The van der Waals surface area contributed by atoms with Gasteiger partial charge < -0.3 is 0 Å². The quantitative estimate of drug-likeness (QED) is 0.790. The summed E-state index contributed by atoms with van der Waals surface area (Å²) in [7, 11) is 0. The van der Waals surface area contributed by atoms with E-state index in [0.29, 0.717) is 5.92 Å². The first-order chi connectivity index (χ1) is 7.11. The molecule has 0 amide bonds. The van der Waals surface area contributed by atoms with E-state index in [4.69, 9.17) is 0 Å². The molecule has 0 spiro atoms. The van der Waals surface area contributed by atoms with Gasteiger partial charge in [0.25, 0.3) is 0 Å². The highest BCUT2D eigenvalue weighted by Crippen LogP contribution is 2.25. The van der Waals surface area contributed by atoms with Crippen LogP contribution in [0.3, 0.4) is 0 Å². The zero-order chi connectivity index (χ0) is 11.0. The molecule has 2 aromatic heterocycles. The van der Waals surface area contributed by atoms with Crippen LogP contribution in [0, 0.1) is 0 Å². The first kappa shape index (κ1) is 10.5. The summed E-state index contributed by atoms with van der Waals surface area (Å²) in [6.45, 7) is 6.29. The molecular weight excluding hydrogens is 206 g/mol. The van der Waals surface area contributed by atoms with Gasteiger partial charge in [0.2, 0.25) is 0 Å². The standard InChI is InChI=1S/C11H15N3S/c1-7(2)10-13-9(8(3)15)11-12-5-4-6-14(10)11/h4-8,15H,1-3H3. The highest BCUT2D eigenvalue weighted by atomic mass is 32.1. The van der Waals surface area contributed by atoms with Crippen molar-refractivity contribution >= 4 is 18.3 Å². The predicted octanol–water partition coefficient (Wildman–Crippen LogP) is 2.84. The molecule has 0 saturated heterocycles. The highest BCUT2D eigenvalue weighted by molar-refractivity contribution is 7.80. The van der Waals surface area contributed by atoms with Crippen LogP contribution in [0.2, 0.25) is 0 Å². The number of imidazole rings is 1. The van der Waals surface area contributed by atoms with Crippen molar-refractivity contribution in [2.45, 2.75) is 31.9 Å². The number of nitrogens with zero attached hydrogens (tertiary/aromatic N) is 3. The Morgan fingerprint density at radius 3 is 2.67 bits per heavy atom. The second-order valence-electron chi connectivity index (χ2n) is 4.00. The smallest absolute Gasteiger partial charge is 0.161 e. The van der Waals surface area contributed by atoms with Gasteiger partial charge in [-0.05, 0) is 13.0 Å². The Labute approximate surface area is 95.0 Å². The highest BCUT2D eigenvalue weighted by Gasteiger charge is 2.16. The van der Waals surface area contributed by atoms with Crippen molar-refractivity contribution in [1.29, 1.82) is 0 Å². The average Bonchev–Trinajstić information content (AvgIpc) is 2.56. The van der Waals surface area contributed by atoms with E-state index >= 15 is 0 Å². The van der Waals surface area contributed by atoms with E-state index in [9.17, 15) is 0 Å². The first-order valence-electron chi connectivity index (χ1n) is 5.12. The van der Waals surface area contributed by atoms with Crippen LogP contribution in [-0.4, -0.2) is 14.4 Å². The molecule has 0 aromatic carbocycles. The van der Waals surface area contributed by atoms with Gasteiger partial charge in [0.15, 0.2) is 5.65 Å². The lowest BCUT2D eigenvalue weighted by Gasteiger charge is -2.01. The second kappa shape index (κ2) is 3.85. The molecule has 2 rings (SSSR count). The summed E-state index contributed by atoms with van der Waals surface area (Å²) in [6.07, 6.45) is 3.80. The van der Waals surface area contributed by atoms with E-state index in [2.05, 4.69) is 36.4 Å². The van der Waals surface area contributed by atoms with E-state index in [1.807, 2.05) is 23.6 Å². The van der Waals surface area contributed by atoms with Crippen molar-refractivity contribution < 1.29 is 0 Å². The van der Waals surface area contributed by atoms with Gasteiger partial charge in [-0.15, -0.1) is 0 Å².